The molecule has 0 saturated carbocycles. The maximum atomic E-state index is 15.9. The van der Waals surface area contributed by atoms with Crippen molar-refractivity contribution in [3.63, 3.8) is 0 Å². The predicted octanol–water partition coefficient (Wildman–Crippen LogP) is 6.09. The fourth-order valence-electron chi connectivity index (χ4n) is 3.27. The molecule has 0 bridgehead atoms. The lowest BCUT2D eigenvalue weighted by molar-refractivity contribution is -0.151. The monoisotopic (exact) mass is 378 g/mol. The smallest absolute Gasteiger partial charge is 0.346 e. The first-order valence-corrected chi connectivity index (χ1v) is 9.23. The van der Waals surface area contributed by atoms with Crippen LogP contribution in [0.3, 0.4) is 0 Å². The van der Waals surface area contributed by atoms with Gasteiger partial charge in [-0.1, -0.05) is 68.4 Å². The van der Waals surface area contributed by atoms with Crippen LogP contribution in [0.2, 0.25) is 0 Å². The largest absolute Gasteiger partial charge is 0.479 e. The van der Waals surface area contributed by atoms with Crippen LogP contribution in [-0.2, 0) is 16.9 Å². The molecule has 0 aliphatic rings. The van der Waals surface area contributed by atoms with Crippen LogP contribution in [0.25, 0.3) is 0 Å². The molecule has 1 unspecified atom stereocenters. The van der Waals surface area contributed by atoms with Crippen LogP contribution in [0, 0.1) is 0 Å². The Morgan fingerprint density at radius 1 is 0.964 bits per heavy atom. The van der Waals surface area contributed by atoms with Crippen LogP contribution >= 0.6 is 0 Å². The lowest BCUT2D eigenvalue weighted by Gasteiger charge is -2.25. The summed E-state index contributed by atoms with van der Waals surface area (Å²) < 4.78 is 21.7. The first-order valence-electron chi connectivity index (χ1n) is 9.23. The van der Waals surface area contributed by atoms with Crippen molar-refractivity contribution in [2.24, 2.45) is 0 Å². The minimum absolute atomic E-state index is 0.0124. The van der Waals surface area contributed by atoms with Gasteiger partial charge in [-0.05, 0) is 41.3 Å². The van der Waals surface area contributed by atoms with Gasteiger partial charge in [0.05, 0.1) is 0 Å². The Morgan fingerprint density at radius 2 is 1.61 bits per heavy atom. The van der Waals surface area contributed by atoms with Crippen LogP contribution in [-0.4, -0.2) is 11.1 Å². The van der Waals surface area contributed by atoms with Crippen molar-refractivity contribution in [1.29, 1.82) is 0 Å². The summed E-state index contributed by atoms with van der Waals surface area (Å²) in [4.78, 5) is 12.0. The number of para-hydroxylation sites is 1. The first kappa shape index (κ1) is 19.6. The average Bonchev–Trinajstić information content (AvgIpc) is 2.69. The number of rotatable bonds is 7. The van der Waals surface area contributed by atoms with Crippen LogP contribution < -0.4 is 4.74 Å². The van der Waals surface area contributed by atoms with Crippen molar-refractivity contribution in [1.82, 2.24) is 0 Å². The molecule has 0 aliphatic heterocycles. The zero-order chi connectivity index (χ0) is 20.1. The second-order valence-electron chi connectivity index (χ2n) is 7.09. The highest BCUT2D eigenvalue weighted by Crippen LogP contribution is 2.36. The van der Waals surface area contributed by atoms with Crippen LogP contribution in [0.15, 0.2) is 78.9 Å². The van der Waals surface area contributed by atoms with E-state index in [9.17, 15) is 9.90 Å². The van der Waals surface area contributed by atoms with Gasteiger partial charge in [0.1, 0.15) is 11.5 Å². The number of halogens is 1. The van der Waals surface area contributed by atoms with Gasteiger partial charge in [-0.3, -0.25) is 0 Å². The lowest BCUT2D eigenvalue weighted by Crippen LogP contribution is -2.34. The van der Waals surface area contributed by atoms with Gasteiger partial charge >= 0.3 is 5.97 Å². The van der Waals surface area contributed by atoms with E-state index in [0.717, 1.165) is 0 Å². The third kappa shape index (κ3) is 4.22. The third-order valence-corrected chi connectivity index (χ3v) is 4.67. The van der Waals surface area contributed by atoms with Crippen molar-refractivity contribution >= 4 is 5.97 Å². The van der Waals surface area contributed by atoms with Gasteiger partial charge in [-0.2, -0.15) is 0 Å². The maximum Gasteiger partial charge on any atom is 0.346 e. The van der Waals surface area contributed by atoms with Crippen LogP contribution in [0.4, 0.5) is 4.39 Å². The number of hydrogen-bond donors (Lipinski definition) is 1. The number of alkyl halides is 1. The summed E-state index contributed by atoms with van der Waals surface area (Å²) in [6.45, 7) is 3.85. The minimum Gasteiger partial charge on any atom is -0.479 e. The van der Waals surface area contributed by atoms with Gasteiger partial charge in [0.25, 0.3) is 0 Å². The highest BCUT2D eigenvalue weighted by atomic mass is 19.1. The Kier molecular flexibility index (Phi) is 5.78. The molecule has 0 aliphatic carbocycles. The van der Waals surface area contributed by atoms with E-state index in [1.165, 1.54) is 0 Å². The molecule has 3 aromatic carbocycles. The fraction of sp³-hybridized carbons (Fsp3) is 0.208. The van der Waals surface area contributed by atoms with E-state index < -0.39 is 11.6 Å². The molecule has 3 nitrogen and oxygen atoms in total. The van der Waals surface area contributed by atoms with Crippen molar-refractivity contribution in [3.05, 3.63) is 95.6 Å². The molecule has 0 heterocycles. The van der Waals surface area contributed by atoms with Gasteiger partial charge < -0.3 is 9.84 Å². The third-order valence-electron chi connectivity index (χ3n) is 4.67. The molecule has 28 heavy (non-hydrogen) atoms. The summed E-state index contributed by atoms with van der Waals surface area (Å²) in [6, 6.07) is 23.0. The van der Waals surface area contributed by atoms with Gasteiger partial charge in [0.2, 0.25) is 5.67 Å². The fourth-order valence-corrected chi connectivity index (χ4v) is 3.27. The highest BCUT2D eigenvalue weighted by molar-refractivity contribution is 5.80. The predicted molar refractivity (Wildman–Crippen MR) is 108 cm³/mol. The normalized spacial score (nSPS) is 13.1. The number of carboxylic acids is 1. The van der Waals surface area contributed by atoms with Gasteiger partial charge in [0, 0.05) is 12.0 Å². The Balaban J connectivity index is 1.93. The quantitative estimate of drug-likeness (QED) is 0.541. The molecule has 1 atom stereocenters. The molecule has 4 heteroatoms. The summed E-state index contributed by atoms with van der Waals surface area (Å²) in [6.07, 6.45) is -0.280. The van der Waals surface area contributed by atoms with E-state index in [2.05, 4.69) is 0 Å². The van der Waals surface area contributed by atoms with E-state index >= 15 is 4.39 Å². The summed E-state index contributed by atoms with van der Waals surface area (Å²) in [5, 5.41) is 9.75. The summed E-state index contributed by atoms with van der Waals surface area (Å²) in [5.74, 6) is -0.281. The number of carboxylic acid groups (broad SMARTS) is 1. The second kappa shape index (κ2) is 8.26. The number of ether oxygens (including phenoxy) is 1. The molecule has 0 fully saturated rings. The number of hydrogen-bond acceptors (Lipinski definition) is 2. The molecule has 0 spiro atoms. The van der Waals surface area contributed by atoms with Crippen molar-refractivity contribution in [2.75, 3.05) is 0 Å². The molecule has 144 valence electrons. The molecular weight excluding hydrogens is 355 g/mol. The zero-order valence-electron chi connectivity index (χ0n) is 15.9. The van der Waals surface area contributed by atoms with Crippen LogP contribution in [0.5, 0.6) is 11.5 Å². The second-order valence-corrected chi connectivity index (χ2v) is 7.09. The SMILES string of the molecule is CC(C)c1ccccc1C(F)(Cc1cccc(Oc2ccccc2)c1)C(=O)O. The maximum absolute atomic E-state index is 15.9. The van der Waals surface area contributed by atoms with Crippen molar-refractivity contribution in [3.8, 4) is 11.5 Å². The topological polar surface area (TPSA) is 46.5 Å². The van der Waals surface area contributed by atoms with Gasteiger partial charge in [0.15, 0.2) is 0 Å². The summed E-state index contributed by atoms with van der Waals surface area (Å²) in [7, 11) is 0. The van der Waals surface area contributed by atoms with E-state index in [4.69, 9.17) is 4.74 Å². The molecule has 1 N–H and O–H groups in total. The molecular formula is C24H23FO3. The number of carbonyl (C=O) groups is 1. The Bertz CT molecular complexity index is 953. The van der Waals surface area contributed by atoms with E-state index in [1.54, 1.807) is 48.5 Å². The van der Waals surface area contributed by atoms with Gasteiger partial charge in [-0.25, -0.2) is 9.18 Å². The van der Waals surface area contributed by atoms with E-state index in [-0.39, 0.29) is 17.9 Å². The molecule has 0 aromatic heterocycles. The van der Waals surface area contributed by atoms with Crippen molar-refractivity contribution < 1.29 is 19.0 Å². The molecule has 0 radical (unpaired) electrons. The molecule has 3 rings (SSSR count). The Labute approximate surface area is 164 Å². The van der Waals surface area contributed by atoms with Gasteiger partial charge in [-0.15, -0.1) is 0 Å². The minimum atomic E-state index is -2.52. The summed E-state index contributed by atoms with van der Waals surface area (Å²) in [5.41, 5.74) is -1.07. The Morgan fingerprint density at radius 3 is 2.29 bits per heavy atom. The Hall–Kier alpha value is -3.14. The average molecular weight is 378 g/mol. The number of benzene rings is 3. The van der Waals surface area contributed by atoms with Crippen LogP contribution in [0.1, 0.15) is 36.5 Å². The molecule has 0 saturated heterocycles. The van der Waals surface area contributed by atoms with Crippen molar-refractivity contribution in [2.45, 2.75) is 31.9 Å². The highest BCUT2D eigenvalue weighted by Gasteiger charge is 2.42. The molecule has 3 aromatic rings. The zero-order valence-corrected chi connectivity index (χ0v) is 15.9. The summed E-state index contributed by atoms with van der Waals surface area (Å²) >= 11 is 0. The van der Waals surface area contributed by atoms with E-state index in [1.807, 2.05) is 44.2 Å². The lowest BCUT2D eigenvalue weighted by atomic mass is 9.83. The molecule has 0 amide bonds. The van der Waals surface area contributed by atoms with E-state index in [0.29, 0.717) is 22.6 Å². The first-order chi connectivity index (χ1) is 13.4. The number of aliphatic carboxylic acids is 1. The standard InChI is InChI=1S/C24H23FO3/c1-17(2)21-13-6-7-14-22(21)24(25,23(26)27)16-18-9-8-12-20(15-18)28-19-10-4-3-5-11-19/h3-15,17H,16H2,1-2H3,(H,26,27).